The molecule has 0 aliphatic carbocycles. The van der Waals surface area contributed by atoms with E-state index in [-0.39, 0.29) is 0 Å². The first-order valence-corrected chi connectivity index (χ1v) is 2.99. The van der Waals surface area contributed by atoms with Crippen LogP contribution in [0.2, 0.25) is 0 Å². The van der Waals surface area contributed by atoms with Gasteiger partial charge in [-0.25, -0.2) is 0 Å². The van der Waals surface area contributed by atoms with Gasteiger partial charge in [-0.1, -0.05) is 0 Å². The molecule has 1 N–H and O–H groups in total. The monoisotopic (exact) mass is 197 g/mol. The third-order valence-electron chi connectivity index (χ3n) is 0.582. The Morgan fingerprint density at radius 3 is 2.67 bits per heavy atom. The molecule has 1 heterocycles. The van der Waals surface area contributed by atoms with Crippen LogP contribution in [0.1, 0.15) is 0 Å². The molecule has 1 nitrogen and oxygen atoms in total. The molecule has 0 radical (unpaired) electrons. The summed E-state index contributed by atoms with van der Waals surface area (Å²) in [6, 6.07) is 4.04. The third kappa shape index (κ3) is 0.767. The predicted molar refractivity (Wildman–Crippen MR) is 27.6 cm³/mol. The number of rotatable bonds is 0. The molecule has 1 aromatic rings. The van der Waals surface area contributed by atoms with Gasteiger partial charge in [0.1, 0.15) is 0 Å². The Morgan fingerprint density at radius 2 is 2.50 bits per heavy atom. The van der Waals surface area contributed by atoms with Crippen LogP contribution < -0.4 is 3.74 Å². The van der Waals surface area contributed by atoms with Gasteiger partial charge in [-0.15, -0.1) is 0 Å². The van der Waals surface area contributed by atoms with E-state index in [0.717, 1.165) is 0 Å². The van der Waals surface area contributed by atoms with Gasteiger partial charge in [-0.2, -0.15) is 0 Å². The number of hydrogen-bond donors (Lipinski definition) is 1. The summed E-state index contributed by atoms with van der Waals surface area (Å²) in [6.45, 7) is 0. The molecule has 0 atom stereocenters. The molecule has 0 amide bonds. The first-order valence-electron chi connectivity index (χ1n) is 1.72. The average Bonchev–Trinajstić information content (AvgIpc) is 1.86. The fourth-order valence-electron chi connectivity index (χ4n) is 0.321. The van der Waals surface area contributed by atoms with Crippen molar-refractivity contribution >= 4 is 26.0 Å². The summed E-state index contributed by atoms with van der Waals surface area (Å²) in [6.07, 6.45) is 1.92. The van der Waals surface area contributed by atoms with E-state index in [2.05, 4.69) is 11.1 Å². The molecular weight excluding hydrogens is 190 g/mol. The maximum absolute atomic E-state index is 3.02. The minimum atomic E-state index is 1.27. The second kappa shape index (κ2) is 1.68. The summed E-state index contributed by atoms with van der Waals surface area (Å²) in [7, 11) is 0. The predicted octanol–water partition coefficient (Wildman–Crippen LogP) is -0.459. The van der Waals surface area contributed by atoms with Crippen molar-refractivity contribution in [2.75, 3.05) is 0 Å². The van der Waals surface area contributed by atoms with Gasteiger partial charge in [0.05, 0.1) is 0 Å². The summed E-state index contributed by atoms with van der Waals surface area (Å²) in [5.41, 5.74) is 0. The van der Waals surface area contributed by atoms with Gasteiger partial charge in [0, 0.05) is 0 Å². The van der Waals surface area contributed by atoms with Gasteiger partial charge in [-0.3, -0.25) is 0 Å². The maximum atomic E-state index is 3.02. The molecule has 0 aliphatic heterocycles. The zero-order valence-electron chi connectivity index (χ0n) is 3.18. The van der Waals surface area contributed by atoms with E-state index in [0.29, 0.717) is 0 Å². The Balaban J connectivity index is 3.05. The van der Waals surface area contributed by atoms with Crippen molar-refractivity contribution in [3.8, 4) is 0 Å². The minimum absolute atomic E-state index is 1.27. The average molecular weight is 195 g/mol. The summed E-state index contributed by atoms with van der Waals surface area (Å²) in [5, 5.41) is 0. The number of H-pyrrole nitrogens is 1. The molecule has 0 aliphatic rings. The van der Waals surface area contributed by atoms with Gasteiger partial charge in [0.15, 0.2) is 0 Å². The summed E-state index contributed by atoms with van der Waals surface area (Å²) in [4.78, 5) is 3.02. The number of nitrogens with one attached hydrogen (secondary N) is 1. The SMILES string of the molecule is [TeH]c1ccc[nH]1. The number of aromatic amines is 1. The molecule has 0 unspecified atom stereocenters. The van der Waals surface area contributed by atoms with Crippen molar-refractivity contribution in [3.63, 3.8) is 0 Å². The van der Waals surface area contributed by atoms with Gasteiger partial charge in [0.2, 0.25) is 0 Å². The summed E-state index contributed by atoms with van der Waals surface area (Å²) < 4.78 is 1.27. The fourth-order valence-corrected chi connectivity index (χ4v) is 0.779. The molecular formula is C4H5NTe. The van der Waals surface area contributed by atoms with Crippen LogP contribution in [-0.2, 0) is 0 Å². The van der Waals surface area contributed by atoms with Gasteiger partial charge >= 0.3 is 49.4 Å². The van der Waals surface area contributed by atoms with Crippen LogP contribution in [0.3, 0.4) is 0 Å². The molecule has 2 heteroatoms. The second-order valence-corrected chi connectivity index (χ2v) is 2.43. The summed E-state index contributed by atoms with van der Waals surface area (Å²) >= 11 is 1.71. The standard InChI is InChI=1S/C4H5NTe/c6-4-2-1-3-5-4/h1-3,5-6H. The van der Waals surface area contributed by atoms with Crippen LogP contribution in [0.5, 0.6) is 0 Å². The van der Waals surface area contributed by atoms with Crippen molar-refractivity contribution < 1.29 is 0 Å². The quantitative estimate of drug-likeness (QED) is 0.539. The molecule has 0 saturated heterocycles. The van der Waals surface area contributed by atoms with Crippen LogP contribution in [0.15, 0.2) is 18.3 Å². The van der Waals surface area contributed by atoms with Crippen molar-refractivity contribution in [1.29, 1.82) is 0 Å². The molecule has 6 heavy (non-hydrogen) atoms. The Labute approximate surface area is 49.7 Å². The molecule has 0 aromatic carbocycles. The van der Waals surface area contributed by atoms with E-state index >= 15 is 0 Å². The van der Waals surface area contributed by atoms with Crippen LogP contribution in [-0.4, -0.2) is 27.3 Å². The Hall–Kier alpha value is 0.0696. The molecule has 1 rings (SSSR count). The Bertz CT molecular complexity index is 111. The summed E-state index contributed by atoms with van der Waals surface area (Å²) in [5.74, 6) is 0. The zero-order valence-corrected chi connectivity index (χ0v) is 5.73. The van der Waals surface area contributed by atoms with Crippen LogP contribution >= 0.6 is 0 Å². The molecule has 0 fully saturated rings. The molecule has 1 aromatic heterocycles. The van der Waals surface area contributed by atoms with E-state index in [1.165, 1.54) is 3.74 Å². The molecule has 32 valence electrons. The molecule has 0 spiro atoms. The topological polar surface area (TPSA) is 15.8 Å². The second-order valence-electron chi connectivity index (χ2n) is 1.06. The Kier molecular flexibility index (Phi) is 1.19. The van der Waals surface area contributed by atoms with Crippen molar-refractivity contribution in [1.82, 2.24) is 4.98 Å². The van der Waals surface area contributed by atoms with Crippen LogP contribution in [0.4, 0.5) is 0 Å². The van der Waals surface area contributed by atoms with Gasteiger partial charge < -0.3 is 0 Å². The van der Waals surface area contributed by atoms with E-state index in [1.807, 2.05) is 12.3 Å². The van der Waals surface area contributed by atoms with Crippen LogP contribution in [0, 0.1) is 0 Å². The fraction of sp³-hybridized carbons (Fsp3) is 0. The van der Waals surface area contributed by atoms with Crippen molar-refractivity contribution in [3.05, 3.63) is 18.3 Å². The van der Waals surface area contributed by atoms with Gasteiger partial charge in [0.25, 0.3) is 0 Å². The van der Waals surface area contributed by atoms with E-state index in [9.17, 15) is 0 Å². The Morgan fingerprint density at radius 1 is 1.67 bits per heavy atom. The van der Waals surface area contributed by atoms with Gasteiger partial charge in [-0.05, 0) is 0 Å². The normalized spacial score (nSPS) is 8.83. The first-order chi connectivity index (χ1) is 2.89. The number of aromatic nitrogens is 1. The van der Waals surface area contributed by atoms with Crippen molar-refractivity contribution in [2.24, 2.45) is 0 Å². The third-order valence-corrected chi connectivity index (χ3v) is 1.38. The van der Waals surface area contributed by atoms with E-state index in [1.54, 1.807) is 22.3 Å². The van der Waals surface area contributed by atoms with Crippen LogP contribution in [0.25, 0.3) is 0 Å². The molecule has 0 saturated carbocycles. The first kappa shape index (κ1) is 4.23. The van der Waals surface area contributed by atoms with E-state index in [4.69, 9.17) is 0 Å². The number of hydrogen-bond acceptors (Lipinski definition) is 0. The zero-order chi connectivity index (χ0) is 4.41. The van der Waals surface area contributed by atoms with E-state index < -0.39 is 0 Å². The molecule has 0 bridgehead atoms. The van der Waals surface area contributed by atoms with Crippen molar-refractivity contribution in [2.45, 2.75) is 0 Å².